The first-order chi connectivity index (χ1) is 9.13. The molecule has 94 valence electrons. The molecule has 3 rings (SSSR count). The lowest BCUT2D eigenvalue weighted by Gasteiger charge is -2.06. The van der Waals surface area contributed by atoms with Gasteiger partial charge >= 0.3 is 5.63 Å². The first-order valence-electron chi connectivity index (χ1n) is 5.94. The molecule has 0 aliphatic rings. The van der Waals surface area contributed by atoms with Crippen molar-refractivity contribution < 1.29 is 8.81 Å². The van der Waals surface area contributed by atoms with E-state index in [9.17, 15) is 9.18 Å². The second-order valence-electron chi connectivity index (χ2n) is 4.49. The van der Waals surface area contributed by atoms with E-state index < -0.39 is 5.63 Å². The maximum Gasteiger partial charge on any atom is 0.336 e. The van der Waals surface area contributed by atoms with Gasteiger partial charge in [0.2, 0.25) is 0 Å². The van der Waals surface area contributed by atoms with Gasteiger partial charge in [0.15, 0.2) is 0 Å². The van der Waals surface area contributed by atoms with Crippen LogP contribution < -0.4 is 5.63 Å². The zero-order valence-corrected chi connectivity index (χ0v) is 10.3. The quantitative estimate of drug-likeness (QED) is 0.616. The van der Waals surface area contributed by atoms with Crippen molar-refractivity contribution in [2.45, 2.75) is 6.92 Å². The van der Waals surface area contributed by atoms with Gasteiger partial charge in [0.05, 0.1) is 0 Å². The number of benzene rings is 2. The van der Waals surface area contributed by atoms with Gasteiger partial charge in [-0.05, 0) is 41.8 Å². The number of hydrogen-bond acceptors (Lipinski definition) is 2. The summed E-state index contributed by atoms with van der Waals surface area (Å²) in [6, 6.07) is 13.2. The summed E-state index contributed by atoms with van der Waals surface area (Å²) in [7, 11) is 0. The lowest BCUT2D eigenvalue weighted by Crippen LogP contribution is -1.98. The van der Waals surface area contributed by atoms with Gasteiger partial charge in [0.1, 0.15) is 11.4 Å². The van der Waals surface area contributed by atoms with Crippen LogP contribution in [0, 0.1) is 12.7 Å². The van der Waals surface area contributed by atoms with Crippen molar-refractivity contribution >= 4 is 11.0 Å². The molecule has 19 heavy (non-hydrogen) atoms. The largest absolute Gasteiger partial charge is 0.423 e. The fraction of sp³-hybridized carbons (Fsp3) is 0.0625. The first kappa shape index (κ1) is 11.7. The fourth-order valence-corrected chi connectivity index (χ4v) is 2.14. The van der Waals surface area contributed by atoms with Gasteiger partial charge in [0.25, 0.3) is 0 Å². The molecule has 0 bridgehead atoms. The molecule has 0 atom stereocenters. The first-order valence-corrected chi connectivity index (χ1v) is 5.94. The van der Waals surface area contributed by atoms with Crippen molar-refractivity contribution in [3.63, 3.8) is 0 Å². The maximum absolute atomic E-state index is 13.0. The Kier molecular flexibility index (Phi) is 2.67. The Morgan fingerprint density at radius 2 is 1.74 bits per heavy atom. The third-order valence-corrected chi connectivity index (χ3v) is 3.06. The summed E-state index contributed by atoms with van der Waals surface area (Å²) in [5.74, 6) is -0.299. The van der Waals surface area contributed by atoms with Gasteiger partial charge in [-0.1, -0.05) is 24.3 Å². The molecule has 0 saturated carbocycles. The van der Waals surface area contributed by atoms with Crippen LogP contribution in [0.4, 0.5) is 4.39 Å². The van der Waals surface area contributed by atoms with Gasteiger partial charge < -0.3 is 4.42 Å². The molecule has 2 nitrogen and oxygen atoms in total. The average Bonchev–Trinajstić information content (AvgIpc) is 2.38. The lowest BCUT2D eigenvalue weighted by atomic mass is 10.0. The Morgan fingerprint density at radius 3 is 2.47 bits per heavy atom. The number of fused-ring (bicyclic) bond motifs is 1. The zero-order chi connectivity index (χ0) is 13.4. The predicted molar refractivity (Wildman–Crippen MR) is 72.6 cm³/mol. The Balaban J connectivity index is 2.34. The summed E-state index contributed by atoms with van der Waals surface area (Å²) in [4.78, 5) is 11.6. The molecular weight excluding hydrogens is 243 g/mol. The number of rotatable bonds is 1. The van der Waals surface area contributed by atoms with Crippen LogP contribution in [-0.2, 0) is 0 Å². The molecule has 0 aliphatic carbocycles. The molecule has 0 spiro atoms. The van der Waals surface area contributed by atoms with E-state index in [0.29, 0.717) is 5.58 Å². The van der Waals surface area contributed by atoms with Gasteiger partial charge in [-0.25, -0.2) is 9.18 Å². The van der Waals surface area contributed by atoms with E-state index in [2.05, 4.69) is 0 Å². The summed E-state index contributed by atoms with van der Waals surface area (Å²) in [5.41, 5.74) is 2.71. The third-order valence-electron chi connectivity index (χ3n) is 3.06. The highest BCUT2D eigenvalue weighted by Crippen LogP contribution is 2.27. The van der Waals surface area contributed by atoms with E-state index in [0.717, 1.165) is 22.1 Å². The Bertz CT molecular complexity index is 801. The molecule has 1 heterocycles. The summed E-state index contributed by atoms with van der Waals surface area (Å²) < 4.78 is 18.2. The monoisotopic (exact) mass is 254 g/mol. The highest BCUT2D eigenvalue weighted by atomic mass is 19.1. The van der Waals surface area contributed by atoms with Crippen LogP contribution in [0.3, 0.4) is 0 Å². The number of hydrogen-bond donors (Lipinski definition) is 0. The van der Waals surface area contributed by atoms with Crippen molar-refractivity contribution in [2.75, 3.05) is 0 Å². The van der Waals surface area contributed by atoms with E-state index in [1.807, 2.05) is 25.1 Å². The van der Waals surface area contributed by atoms with Crippen LogP contribution >= 0.6 is 0 Å². The van der Waals surface area contributed by atoms with E-state index in [-0.39, 0.29) is 5.82 Å². The van der Waals surface area contributed by atoms with Gasteiger partial charge in [0, 0.05) is 11.5 Å². The normalized spacial score (nSPS) is 10.8. The van der Waals surface area contributed by atoms with Crippen LogP contribution in [0.1, 0.15) is 5.56 Å². The van der Waals surface area contributed by atoms with E-state index in [4.69, 9.17) is 4.42 Å². The van der Waals surface area contributed by atoms with Crippen molar-refractivity contribution in [1.82, 2.24) is 0 Å². The summed E-state index contributed by atoms with van der Waals surface area (Å²) >= 11 is 0. The molecule has 2 aromatic carbocycles. The Morgan fingerprint density at radius 1 is 1.00 bits per heavy atom. The minimum atomic E-state index is -0.405. The molecule has 0 aliphatic heterocycles. The molecule has 0 N–H and O–H groups in total. The highest BCUT2D eigenvalue weighted by Gasteiger charge is 2.08. The molecule has 3 heteroatoms. The third kappa shape index (κ3) is 2.15. The SMILES string of the molecule is Cc1ccc2c(-c3ccc(F)cc3)cc(=O)oc2c1. The zero-order valence-electron chi connectivity index (χ0n) is 10.3. The standard InChI is InChI=1S/C16H11FO2/c1-10-2-7-13-14(9-16(18)19-15(13)8-10)11-3-5-12(17)6-4-11/h2-9H,1H3. The molecular formula is C16H11FO2. The molecule has 0 saturated heterocycles. The number of aryl methyl sites for hydroxylation is 1. The molecule has 0 radical (unpaired) electrons. The Hall–Kier alpha value is -2.42. The minimum Gasteiger partial charge on any atom is -0.423 e. The van der Waals surface area contributed by atoms with Crippen molar-refractivity contribution in [1.29, 1.82) is 0 Å². The van der Waals surface area contributed by atoms with E-state index in [1.54, 1.807) is 12.1 Å². The van der Waals surface area contributed by atoms with Crippen molar-refractivity contribution in [3.8, 4) is 11.1 Å². The molecule has 0 amide bonds. The van der Waals surface area contributed by atoms with E-state index >= 15 is 0 Å². The van der Waals surface area contributed by atoms with Crippen LogP contribution in [0.2, 0.25) is 0 Å². The maximum atomic E-state index is 13.0. The van der Waals surface area contributed by atoms with Crippen LogP contribution in [0.25, 0.3) is 22.1 Å². The summed E-state index contributed by atoms with van der Waals surface area (Å²) in [6.07, 6.45) is 0. The molecule has 0 unspecified atom stereocenters. The van der Waals surface area contributed by atoms with Crippen molar-refractivity contribution in [2.24, 2.45) is 0 Å². The number of halogens is 1. The van der Waals surface area contributed by atoms with Gasteiger partial charge in [-0.2, -0.15) is 0 Å². The summed E-state index contributed by atoms with van der Waals surface area (Å²) in [6.45, 7) is 1.93. The molecule has 1 aromatic heterocycles. The molecule has 3 aromatic rings. The van der Waals surface area contributed by atoms with Crippen LogP contribution in [0.15, 0.2) is 57.7 Å². The average molecular weight is 254 g/mol. The minimum absolute atomic E-state index is 0.299. The molecule has 0 fully saturated rings. The topological polar surface area (TPSA) is 30.2 Å². The fourth-order valence-electron chi connectivity index (χ4n) is 2.14. The summed E-state index contributed by atoms with van der Waals surface area (Å²) in [5, 5.41) is 0.844. The van der Waals surface area contributed by atoms with Crippen LogP contribution in [0.5, 0.6) is 0 Å². The lowest BCUT2D eigenvalue weighted by molar-refractivity contribution is 0.561. The van der Waals surface area contributed by atoms with Crippen LogP contribution in [-0.4, -0.2) is 0 Å². The second-order valence-corrected chi connectivity index (χ2v) is 4.49. The van der Waals surface area contributed by atoms with E-state index in [1.165, 1.54) is 18.2 Å². The Labute approximate surface area is 109 Å². The smallest absolute Gasteiger partial charge is 0.336 e. The second kappa shape index (κ2) is 4.35. The predicted octanol–water partition coefficient (Wildman–Crippen LogP) is 3.91. The van der Waals surface area contributed by atoms with Gasteiger partial charge in [-0.3, -0.25) is 0 Å². The highest BCUT2D eigenvalue weighted by molar-refractivity contribution is 5.93. The van der Waals surface area contributed by atoms with Crippen molar-refractivity contribution in [3.05, 3.63) is 70.3 Å². The van der Waals surface area contributed by atoms with Gasteiger partial charge in [-0.15, -0.1) is 0 Å².